The lowest BCUT2D eigenvalue weighted by molar-refractivity contribution is -0.118. The van der Waals surface area contributed by atoms with Crippen molar-refractivity contribution >= 4 is 33.4 Å². The molecule has 0 saturated carbocycles. The van der Waals surface area contributed by atoms with Crippen molar-refractivity contribution in [1.29, 1.82) is 0 Å². The predicted octanol–water partition coefficient (Wildman–Crippen LogP) is 3.93. The first-order valence-corrected chi connectivity index (χ1v) is 12.1. The third kappa shape index (κ3) is 4.82. The average Bonchev–Trinajstić information content (AvgIpc) is 3.13. The van der Waals surface area contributed by atoms with Gasteiger partial charge < -0.3 is 4.90 Å². The SMILES string of the molecule is CCN(CC)S(=O)(=O)c1ccc2c(c1)CCN2C(=O)CCSc1ccc(F)cc1. The molecule has 0 saturated heterocycles. The summed E-state index contributed by atoms with van der Waals surface area (Å²) in [6, 6.07) is 11.2. The average molecular weight is 437 g/mol. The number of amides is 1. The van der Waals surface area contributed by atoms with Gasteiger partial charge in [0, 0.05) is 42.4 Å². The predicted molar refractivity (Wildman–Crippen MR) is 114 cm³/mol. The molecule has 0 bridgehead atoms. The van der Waals surface area contributed by atoms with Crippen LogP contribution < -0.4 is 4.90 Å². The molecule has 1 amide bonds. The number of sulfonamides is 1. The van der Waals surface area contributed by atoms with Crippen molar-refractivity contribution in [2.24, 2.45) is 0 Å². The summed E-state index contributed by atoms with van der Waals surface area (Å²) in [6.45, 7) is 5.04. The zero-order valence-corrected chi connectivity index (χ0v) is 18.2. The summed E-state index contributed by atoms with van der Waals surface area (Å²) in [4.78, 5) is 15.6. The number of hydrogen-bond acceptors (Lipinski definition) is 4. The molecule has 3 rings (SSSR count). The molecule has 29 heavy (non-hydrogen) atoms. The maximum absolute atomic E-state index is 13.0. The zero-order valence-electron chi connectivity index (χ0n) is 16.6. The molecule has 2 aromatic carbocycles. The van der Waals surface area contributed by atoms with Crippen molar-refractivity contribution in [2.45, 2.75) is 36.5 Å². The van der Waals surface area contributed by atoms with Crippen LogP contribution in [0.5, 0.6) is 0 Å². The van der Waals surface area contributed by atoms with E-state index < -0.39 is 10.0 Å². The summed E-state index contributed by atoms with van der Waals surface area (Å²) in [5.41, 5.74) is 1.68. The Morgan fingerprint density at radius 3 is 2.48 bits per heavy atom. The van der Waals surface area contributed by atoms with E-state index in [2.05, 4.69) is 0 Å². The fourth-order valence-electron chi connectivity index (χ4n) is 3.43. The molecule has 0 spiro atoms. The monoisotopic (exact) mass is 436 g/mol. The van der Waals surface area contributed by atoms with Gasteiger partial charge >= 0.3 is 0 Å². The van der Waals surface area contributed by atoms with Crippen LogP contribution in [0.3, 0.4) is 0 Å². The van der Waals surface area contributed by atoms with Crippen LogP contribution >= 0.6 is 11.8 Å². The minimum absolute atomic E-state index is 0.0118. The Morgan fingerprint density at radius 2 is 1.83 bits per heavy atom. The topological polar surface area (TPSA) is 57.7 Å². The van der Waals surface area contributed by atoms with E-state index in [1.54, 1.807) is 35.2 Å². The van der Waals surface area contributed by atoms with Gasteiger partial charge in [-0.2, -0.15) is 4.31 Å². The highest BCUT2D eigenvalue weighted by molar-refractivity contribution is 7.99. The number of hydrogen-bond donors (Lipinski definition) is 0. The quantitative estimate of drug-likeness (QED) is 0.589. The molecule has 156 valence electrons. The van der Waals surface area contributed by atoms with Crippen LogP contribution in [0.4, 0.5) is 10.1 Å². The Balaban J connectivity index is 1.66. The number of thioether (sulfide) groups is 1. The van der Waals surface area contributed by atoms with Crippen LogP contribution in [0, 0.1) is 5.82 Å². The smallest absolute Gasteiger partial charge is 0.243 e. The lowest BCUT2D eigenvalue weighted by Gasteiger charge is -2.20. The lowest BCUT2D eigenvalue weighted by Crippen LogP contribution is -2.30. The van der Waals surface area contributed by atoms with E-state index in [9.17, 15) is 17.6 Å². The fraction of sp³-hybridized carbons (Fsp3) is 0.381. The summed E-state index contributed by atoms with van der Waals surface area (Å²) in [6.07, 6.45) is 1.01. The number of halogens is 1. The molecule has 0 unspecified atom stereocenters. The van der Waals surface area contributed by atoms with Gasteiger partial charge in [0.05, 0.1) is 4.90 Å². The second-order valence-corrected chi connectivity index (χ2v) is 9.83. The summed E-state index contributed by atoms with van der Waals surface area (Å²) in [5, 5.41) is 0. The second-order valence-electron chi connectivity index (χ2n) is 6.73. The van der Waals surface area contributed by atoms with Crippen LogP contribution in [-0.2, 0) is 21.2 Å². The van der Waals surface area contributed by atoms with Crippen molar-refractivity contribution in [3.05, 3.63) is 53.8 Å². The Morgan fingerprint density at radius 1 is 1.14 bits per heavy atom. The summed E-state index contributed by atoms with van der Waals surface area (Å²) < 4.78 is 39.8. The van der Waals surface area contributed by atoms with E-state index in [4.69, 9.17) is 0 Å². The molecule has 5 nitrogen and oxygen atoms in total. The van der Waals surface area contributed by atoms with Crippen molar-refractivity contribution in [3.8, 4) is 0 Å². The second kappa shape index (κ2) is 9.28. The highest BCUT2D eigenvalue weighted by Gasteiger charge is 2.28. The molecule has 1 heterocycles. The first-order valence-electron chi connectivity index (χ1n) is 9.68. The standard InChI is InChI=1S/C21H25FN2O3S2/c1-3-23(4-2)29(26,27)19-9-10-20-16(15-19)11-13-24(20)21(25)12-14-28-18-7-5-17(22)6-8-18/h5-10,15H,3-4,11-14H2,1-2H3. The third-order valence-electron chi connectivity index (χ3n) is 4.99. The first kappa shape index (κ1) is 21.8. The molecule has 0 aromatic heterocycles. The summed E-state index contributed by atoms with van der Waals surface area (Å²) in [5.74, 6) is 0.337. The maximum Gasteiger partial charge on any atom is 0.243 e. The Kier molecular flexibility index (Phi) is 6.97. The number of benzene rings is 2. The molecule has 0 fully saturated rings. The first-order chi connectivity index (χ1) is 13.9. The van der Waals surface area contributed by atoms with Crippen LogP contribution in [0.25, 0.3) is 0 Å². The van der Waals surface area contributed by atoms with Crippen LogP contribution in [-0.4, -0.2) is 44.0 Å². The van der Waals surface area contributed by atoms with E-state index in [0.717, 1.165) is 16.1 Å². The highest BCUT2D eigenvalue weighted by Crippen LogP contribution is 2.32. The number of carbonyl (C=O) groups is 1. The minimum Gasteiger partial charge on any atom is -0.312 e. The molecular formula is C21H25FN2O3S2. The van der Waals surface area contributed by atoms with Crippen molar-refractivity contribution in [2.75, 3.05) is 30.3 Å². The van der Waals surface area contributed by atoms with E-state index >= 15 is 0 Å². The Bertz CT molecular complexity index is 974. The highest BCUT2D eigenvalue weighted by atomic mass is 32.2. The molecule has 1 aliphatic rings. The van der Waals surface area contributed by atoms with Gasteiger partial charge in [-0.05, 0) is 54.4 Å². The van der Waals surface area contributed by atoms with E-state index in [1.807, 2.05) is 13.8 Å². The maximum atomic E-state index is 13.0. The zero-order chi connectivity index (χ0) is 21.0. The van der Waals surface area contributed by atoms with Gasteiger partial charge in [-0.25, -0.2) is 12.8 Å². The van der Waals surface area contributed by atoms with Crippen LogP contribution in [0.1, 0.15) is 25.8 Å². The molecule has 2 aromatic rings. The number of carbonyl (C=O) groups excluding carboxylic acids is 1. The molecule has 0 N–H and O–H groups in total. The number of rotatable bonds is 8. The van der Waals surface area contributed by atoms with Crippen LogP contribution in [0.2, 0.25) is 0 Å². The van der Waals surface area contributed by atoms with Gasteiger partial charge in [-0.15, -0.1) is 11.8 Å². The number of fused-ring (bicyclic) bond motifs is 1. The van der Waals surface area contributed by atoms with Crippen LogP contribution in [0.15, 0.2) is 52.3 Å². The number of anilines is 1. The lowest BCUT2D eigenvalue weighted by atomic mass is 10.2. The van der Waals surface area contributed by atoms with E-state index in [0.29, 0.717) is 38.2 Å². The normalized spacial score (nSPS) is 13.7. The van der Waals surface area contributed by atoms with Gasteiger partial charge in [0.1, 0.15) is 5.82 Å². The van der Waals surface area contributed by atoms with Crippen molar-refractivity contribution in [3.63, 3.8) is 0 Å². The Labute approximate surface area is 175 Å². The molecule has 1 aliphatic heterocycles. The van der Waals surface area contributed by atoms with E-state index in [-0.39, 0.29) is 16.6 Å². The third-order valence-corrected chi connectivity index (χ3v) is 8.05. The van der Waals surface area contributed by atoms with Crippen molar-refractivity contribution in [1.82, 2.24) is 4.31 Å². The summed E-state index contributed by atoms with van der Waals surface area (Å²) >= 11 is 1.51. The van der Waals surface area contributed by atoms with Gasteiger partial charge in [0.15, 0.2) is 0 Å². The van der Waals surface area contributed by atoms with E-state index in [1.165, 1.54) is 28.2 Å². The van der Waals surface area contributed by atoms with Gasteiger partial charge in [0.25, 0.3) is 0 Å². The fourth-order valence-corrected chi connectivity index (χ4v) is 5.78. The molecule has 8 heteroatoms. The molecule has 0 radical (unpaired) electrons. The van der Waals surface area contributed by atoms with Gasteiger partial charge in [-0.1, -0.05) is 13.8 Å². The van der Waals surface area contributed by atoms with Crippen molar-refractivity contribution < 1.29 is 17.6 Å². The molecule has 0 atom stereocenters. The Hall–Kier alpha value is -1.90. The van der Waals surface area contributed by atoms with Gasteiger partial charge in [0.2, 0.25) is 15.9 Å². The molecule has 0 aliphatic carbocycles. The van der Waals surface area contributed by atoms with Gasteiger partial charge in [-0.3, -0.25) is 4.79 Å². The molecular weight excluding hydrogens is 411 g/mol. The largest absolute Gasteiger partial charge is 0.312 e. The number of nitrogens with zero attached hydrogens (tertiary/aromatic N) is 2. The summed E-state index contributed by atoms with van der Waals surface area (Å²) in [7, 11) is -3.51. The minimum atomic E-state index is -3.51.